The Kier molecular flexibility index (Phi) is 4.54. The minimum Gasteiger partial charge on any atom is -0.0622 e. The summed E-state index contributed by atoms with van der Waals surface area (Å²) in [5.41, 5.74) is 7.36. The van der Waals surface area contributed by atoms with Crippen LogP contribution < -0.4 is 0 Å². The molecule has 7 aromatic carbocycles. The topological polar surface area (TPSA) is 0 Å². The first kappa shape index (κ1) is 21.6. The van der Waals surface area contributed by atoms with Crippen molar-refractivity contribution >= 4 is 64.2 Å². The number of rotatable bonds is 2. The molecule has 1 aliphatic carbocycles. The zero-order valence-electron chi connectivity index (χ0n) is 19.8. The van der Waals surface area contributed by atoms with Gasteiger partial charge in [-0.05, 0) is 90.0 Å². The zero-order valence-corrected chi connectivity index (χ0v) is 23.0. The highest BCUT2D eigenvalue weighted by Gasteiger charge is 2.47. The third-order valence-electron chi connectivity index (χ3n) is 8.20. The van der Waals surface area contributed by atoms with E-state index in [-0.39, 0.29) is 0 Å². The maximum Gasteiger partial charge on any atom is 0.0720 e. The van der Waals surface area contributed by atoms with Gasteiger partial charge in [0.1, 0.15) is 0 Å². The molecule has 0 aromatic heterocycles. The Morgan fingerprint density at radius 3 is 1.65 bits per heavy atom. The fourth-order valence-corrected chi connectivity index (χ4v) is 7.50. The second-order valence-corrected chi connectivity index (χ2v) is 11.8. The van der Waals surface area contributed by atoms with Crippen LogP contribution in [0.5, 0.6) is 0 Å². The van der Waals surface area contributed by atoms with Gasteiger partial charge in [0.25, 0.3) is 0 Å². The van der Waals surface area contributed by atoms with Crippen LogP contribution in [0, 0.1) is 0 Å². The van der Waals surface area contributed by atoms with Gasteiger partial charge in [-0.3, -0.25) is 0 Å². The Labute approximate surface area is 232 Å². The average molecular weight is 600 g/mol. The van der Waals surface area contributed by atoms with Crippen molar-refractivity contribution in [2.24, 2.45) is 0 Å². The molecule has 0 N–H and O–H groups in total. The van der Waals surface area contributed by atoms with E-state index in [0.29, 0.717) is 0 Å². The van der Waals surface area contributed by atoms with Gasteiger partial charge >= 0.3 is 0 Å². The first-order valence-electron chi connectivity index (χ1n) is 12.5. The number of benzene rings is 7. The molecule has 8 rings (SSSR count). The molecule has 0 radical (unpaired) electrons. The lowest BCUT2D eigenvalue weighted by Gasteiger charge is -2.35. The highest BCUT2D eigenvalue weighted by atomic mass is 79.9. The molecule has 7 aromatic rings. The van der Waals surface area contributed by atoms with E-state index in [1.54, 1.807) is 0 Å². The van der Waals surface area contributed by atoms with Crippen LogP contribution in [0.1, 0.15) is 22.3 Å². The summed E-state index contributed by atoms with van der Waals surface area (Å²) in [5, 5.41) is 7.88. The molecule has 0 aliphatic heterocycles. The van der Waals surface area contributed by atoms with Crippen molar-refractivity contribution < 1.29 is 0 Å². The maximum atomic E-state index is 3.82. The standard InChI is InChI=1S/C35H20Br2/c36-25-13-16-27-28-17-14-26(37)20-32(28)35(31(27)19-25,24-7-2-1-3-8-24)30-18-12-23-10-9-21-5-4-6-22-11-15-29(30)34(23)33(21)22/h1-20H. The van der Waals surface area contributed by atoms with Gasteiger partial charge in [-0.2, -0.15) is 0 Å². The summed E-state index contributed by atoms with van der Waals surface area (Å²) in [6.45, 7) is 0. The fourth-order valence-electron chi connectivity index (χ4n) is 6.78. The molecule has 1 aliphatic rings. The molecule has 0 unspecified atom stereocenters. The minimum atomic E-state index is -0.457. The lowest BCUT2D eigenvalue weighted by Crippen LogP contribution is -2.29. The van der Waals surface area contributed by atoms with E-state index < -0.39 is 5.41 Å². The fraction of sp³-hybridized carbons (Fsp3) is 0.0286. The number of hydrogen-bond acceptors (Lipinski definition) is 0. The molecule has 0 atom stereocenters. The van der Waals surface area contributed by atoms with Gasteiger partial charge in [-0.1, -0.05) is 129 Å². The van der Waals surface area contributed by atoms with Crippen LogP contribution in [0.3, 0.4) is 0 Å². The molecular formula is C35H20Br2. The van der Waals surface area contributed by atoms with Crippen molar-refractivity contribution in [3.8, 4) is 11.1 Å². The van der Waals surface area contributed by atoms with Crippen molar-refractivity contribution in [1.29, 1.82) is 0 Å². The summed E-state index contributed by atoms with van der Waals surface area (Å²) >= 11 is 7.63. The highest BCUT2D eigenvalue weighted by Crippen LogP contribution is 2.58. The summed E-state index contributed by atoms with van der Waals surface area (Å²) in [4.78, 5) is 0. The van der Waals surface area contributed by atoms with E-state index in [2.05, 4.69) is 153 Å². The van der Waals surface area contributed by atoms with Crippen LogP contribution in [0.25, 0.3) is 43.4 Å². The predicted octanol–water partition coefficient (Wildman–Crippen LogP) is 10.5. The largest absolute Gasteiger partial charge is 0.0720 e. The van der Waals surface area contributed by atoms with Gasteiger partial charge in [0, 0.05) is 8.95 Å². The Bertz CT molecular complexity index is 1940. The van der Waals surface area contributed by atoms with Crippen LogP contribution in [0.2, 0.25) is 0 Å². The summed E-state index contributed by atoms with van der Waals surface area (Å²) in [7, 11) is 0. The van der Waals surface area contributed by atoms with Crippen LogP contribution in [-0.4, -0.2) is 0 Å². The van der Waals surface area contributed by atoms with Gasteiger partial charge in [0.15, 0.2) is 0 Å². The lowest BCUT2D eigenvalue weighted by atomic mass is 9.66. The predicted molar refractivity (Wildman–Crippen MR) is 163 cm³/mol. The van der Waals surface area contributed by atoms with Crippen LogP contribution >= 0.6 is 31.9 Å². The highest BCUT2D eigenvalue weighted by molar-refractivity contribution is 9.10. The Morgan fingerprint density at radius 2 is 1.00 bits per heavy atom. The summed E-state index contributed by atoms with van der Waals surface area (Å²) < 4.78 is 2.19. The van der Waals surface area contributed by atoms with Gasteiger partial charge < -0.3 is 0 Å². The van der Waals surface area contributed by atoms with Gasteiger partial charge in [-0.15, -0.1) is 0 Å². The third-order valence-corrected chi connectivity index (χ3v) is 9.19. The second-order valence-electron chi connectivity index (χ2n) is 9.96. The third kappa shape index (κ3) is 2.83. The van der Waals surface area contributed by atoms with E-state index in [0.717, 1.165) is 8.95 Å². The van der Waals surface area contributed by atoms with Gasteiger partial charge in [0.2, 0.25) is 0 Å². The summed E-state index contributed by atoms with van der Waals surface area (Å²) in [6, 6.07) is 45.0. The molecule has 2 heteroatoms. The molecule has 0 heterocycles. The van der Waals surface area contributed by atoms with Crippen LogP contribution in [0.15, 0.2) is 130 Å². The van der Waals surface area contributed by atoms with Crippen molar-refractivity contribution in [1.82, 2.24) is 0 Å². The smallest absolute Gasteiger partial charge is 0.0622 e. The van der Waals surface area contributed by atoms with E-state index in [9.17, 15) is 0 Å². The maximum absolute atomic E-state index is 3.82. The van der Waals surface area contributed by atoms with Crippen LogP contribution in [-0.2, 0) is 5.41 Å². The Hall–Kier alpha value is -3.46. The second kappa shape index (κ2) is 7.77. The molecular weight excluding hydrogens is 580 g/mol. The minimum absolute atomic E-state index is 0.457. The van der Waals surface area contributed by atoms with Crippen molar-refractivity contribution in [3.63, 3.8) is 0 Å². The molecule has 0 fully saturated rings. The molecule has 0 nitrogen and oxygen atoms in total. The first-order valence-corrected chi connectivity index (χ1v) is 14.1. The number of hydrogen-bond donors (Lipinski definition) is 0. The van der Waals surface area contributed by atoms with E-state index in [1.807, 2.05) is 0 Å². The van der Waals surface area contributed by atoms with E-state index in [1.165, 1.54) is 65.7 Å². The molecule has 0 saturated heterocycles. The molecule has 37 heavy (non-hydrogen) atoms. The summed E-state index contributed by atoms with van der Waals surface area (Å²) in [5.74, 6) is 0. The first-order chi connectivity index (χ1) is 18.2. The Balaban J connectivity index is 1.63. The molecule has 0 amide bonds. The number of halogens is 2. The molecule has 0 spiro atoms. The Morgan fingerprint density at radius 1 is 0.432 bits per heavy atom. The molecule has 0 bridgehead atoms. The SMILES string of the molecule is Brc1ccc2c(c1)C(c1ccccc1)(c1ccc3ccc4cccc5ccc1c3c45)c1cc(Br)ccc1-2. The quantitative estimate of drug-likeness (QED) is 0.173. The lowest BCUT2D eigenvalue weighted by molar-refractivity contribution is 0.775. The normalized spacial score (nSPS) is 13.9. The van der Waals surface area contributed by atoms with E-state index in [4.69, 9.17) is 0 Å². The monoisotopic (exact) mass is 598 g/mol. The molecule has 174 valence electrons. The number of fused-ring (bicyclic) bond motifs is 3. The molecule has 0 saturated carbocycles. The van der Waals surface area contributed by atoms with Crippen molar-refractivity contribution in [2.75, 3.05) is 0 Å². The van der Waals surface area contributed by atoms with Crippen molar-refractivity contribution in [3.05, 3.63) is 153 Å². The average Bonchev–Trinajstić information content (AvgIpc) is 3.21. The van der Waals surface area contributed by atoms with E-state index >= 15 is 0 Å². The zero-order chi connectivity index (χ0) is 24.7. The van der Waals surface area contributed by atoms with Crippen molar-refractivity contribution in [2.45, 2.75) is 5.41 Å². The van der Waals surface area contributed by atoms with Gasteiger partial charge in [-0.25, -0.2) is 0 Å². The van der Waals surface area contributed by atoms with Gasteiger partial charge in [0.05, 0.1) is 5.41 Å². The summed E-state index contributed by atoms with van der Waals surface area (Å²) in [6.07, 6.45) is 0. The van der Waals surface area contributed by atoms with Crippen LogP contribution in [0.4, 0.5) is 0 Å².